The van der Waals surface area contributed by atoms with E-state index in [2.05, 4.69) is 0 Å². The van der Waals surface area contributed by atoms with Gasteiger partial charge in [0.2, 0.25) is 0 Å². The minimum absolute atomic E-state index is 0. The molecule has 2 nitrogen and oxygen atoms in total. The lowest BCUT2D eigenvalue weighted by Crippen LogP contribution is -0.925. The van der Waals surface area contributed by atoms with Crippen LogP contribution in [-0.4, -0.2) is 23.2 Å². The van der Waals surface area contributed by atoms with Gasteiger partial charge in [-0.15, -0.1) is 0 Å². The lowest BCUT2D eigenvalue weighted by Gasteiger charge is -0.837. The van der Waals surface area contributed by atoms with Crippen molar-refractivity contribution in [3.05, 3.63) is 0 Å². The van der Waals surface area contributed by atoms with Crippen molar-refractivity contribution in [2.24, 2.45) is 0 Å². The number of carbonyl (C=O) groups is 1. The van der Waals surface area contributed by atoms with Gasteiger partial charge in [-0.05, 0) is 11.0 Å². The van der Waals surface area contributed by atoms with Gasteiger partial charge in [-0.25, -0.2) is 0 Å². The van der Waals surface area contributed by atoms with Crippen LogP contribution in [0.4, 0.5) is 0 Å². The second-order valence-electron chi connectivity index (χ2n) is 0. The highest BCUT2D eigenvalue weighted by atomic mass is 28.1. The fraction of sp³-hybridized carbons (Fsp3) is 0. The van der Waals surface area contributed by atoms with Crippen molar-refractivity contribution in [3.63, 3.8) is 0 Å². The molecule has 28 valence electrons. The molecular formula is CH8O2Si. The Morgan fingerprint density at radius 2 is 1.25 bits per heavy atom. The minimum Gasteiger partial charge on any atom is -0.412 e. The molecule has 0 rings (SSSR count). The van der Waals surface area contributed by atoms with Crippen molar-refractivity contribution >= 4 is 17.8 Å². The van der Waals surface area contributed by atoms with E-state index in [1.807, 2.05) is 6.79 Å². The Labute approximate surface area is 29.2 Å². The molecule has 0 aromatic carbocycles. The molecule has 0 saturated carbocycles. The van der Waals surface area contributed by atoms with E-state index >= 15 is 0 Å². The third-order valence-corrected chi connectivity index (χ3v) is 0. The molecule has 0 saturated heterocycles. The van der Waals surface area contributed by atoms with Crippen molar-refractivity contribution in [3.8, 4) is 0 Å². The quantitative estimate of drug-likeness (QED) is 0.298. The van der Waals surface area contributed by atoms with E-state index in [1.165, 1.54) is 0 Å². The van der Waals surface area contributed by atoms with Crippen LogP contribution in [-0.2, 0) is 4.79 Å². The largest absolute Gasteiger partial charge is 0.412 e. The molecule has 0 radical (unpaired) electrons. The first-order valence-corrected chi connectivity index (χ1v) is 0.289. The summed E-state index contributed by atoms with van der Waals surface area (Å²) in [5, 5.41) is 0. The average Bonchev–Trinajstić information content (AvgIpc) is 1.00. The second kappa shape index (κ2) is 414. The van der Waals surface area contributed by atoms with Crippen molar-refractivity contribution in [2.75, 3.05) is 0 Å². The monoisotopic (exact) mass is 80.0 g/mol. The molecule has 0 bridgehead atoms. The predicted molar refractivity (Wildman–Crippen MR) is 22.1 cm³/mol. The van der Waals surface area contributed by atoms with Gasteiger partial charge in [-0.2, -0.15) is 0 Å². The maximum Gasteiger partial charge on any atom is 0.106 e. The Morgan fingerprint density at radius 3 is 1.25 bits per heavy atom. The Bertz CT molecular complexity index is 6.00. The molecule has 0 aromatic rings. The molecule has 0 aromatic heterocycles. The first-order chi connectivity index (χ1) is 1.00. The van der Waals surface area contributed by atoms with E-state index in [0.29, 0.717) is 0 Å². The van der Waals surface area contributed by atoms with E-state index in [-0.39, 0.29) is 16.4 Å². The van der Waals surface area contributed by atoms with Crippen LogP contribution in [0.1, 0.15) is 0 Å². The van der Waals surface area contributed by atoms with Crippen molar-refractivity contribution < 1.29 is 10.3 Å². The molecule has 0 aliphatic carbocycles. The average molecular weight is 80.2 g/mol. The molecule has 3 heteroatoms. The van der Waals surface area contributed by atoms with Gasteiger partial charge in [-0.3, -0.25) is 0 Å². The lowest BCUT2D eigenvalue weighted by atomic mass is 11.9. The SMILES string of the molecule is C=O.O.[SiH4]. The summed E-state index contributed by atoms with van der Waals surface area (Å²) in [7, 11) is 0. The highest BCUT2D eigenvalue weighted by Gasteiger charge is 0.636. The molecular weight excluding hydrogens is 72.1 g/mol. The molecule has 0 aliphatic heterocycles. The molecule has 0 unspecified atom stereocenters. The standard InChI is InChI=1S/CH2O.H2O.H4Si/c1-2;;/h1H2;1H2;1H4. The fourth-order valence-corrected chi connectivity index (χ4v) is 0. The van der Waals surface area contributed by atoms with Crippen LogP contribution >= 0.6 is 0 Å². The molecule has 0 spiro atoms. The Morgan fingerprint density at radius 1 is 1.25 bits per heavy atom. The van der Waals surface area contributed by atoms with Gasteiger partial charge >= 0.3 is 0 Å². The third kappa shape index (κ3) is 56.5. The topological polar surface area (TPSA) is 48.6 Å². The molecule has 0 heterocycles. The number of carbonyl (C=O) groups excluding carboxylic acids is 1. The van der Waals surface area contributed by atoms with E-state index < -0.39 is 0 Å². The van der Waals surface area contributed by atoms with E-state index in [1.54, 1.807) is 0 Å². The van der Waals surface area contributed by atoms with Crippen LogP contribution in [0.2, 0.25) is 0 Å². The number of hydrogen-bond donors (Lipinski definition) is 0. The van der Waals surface area contributed by atoms with Gasteiger partial charge in [0.25, 0.3) is 0 Å². The molecule has 0 aliphatic rings. The first kappa shape index (κ1) is 43.5. The lowest BCUT2D eigenvalue weighted by molar-refractivity contribution is -0.0979. The van der Waals surface area contributed by atoms with Crippen molar-refractivity contribution in [1.29, 1.82) is 0 Å². The number of hydrogen-bond acceptors (Lipinski definition) is 1. The summed E-state index contributed by atoms with van der Waals surface area (Å²) in [5.74, 6) is 0. The summed E-state index contributed by atoms with van der Waals surface area (Å²) in [5.41, 5.74) is 0. The molecule has 0 amide bonds. The fourth-order valence-electron chi connectivity index (χ4n) is 0. The van der Waals surface area contributed by atoms with Crippen LogP contribution in [0.3, 0.4) is 0 Å². The summed E-state index contributed by atoms with van der Waals surface area (Å²) < 4.78 is 0. The highest BCUT2D eigenvalue weighted by Crippen LogP contribution is 0.494. The highest BCUT2D eigenvalue weighted by molar-refractivity contribution is 5.75. The zero-order valence-corrected chi connectivity index (χ0v) is 1.62. The summed E-state index contributed by atoms with van der Waals surface area (Å²) in [6.45, 7) is 2.00. The van der Waals surface area contributed by atoms with E-state index in [4.69, 9.17) is 4.79 Å². The van der Waals surface area contributed by atoms with Gasteiger partial charge in [0.1, 0.15) is 6.79 Å². The summed E-state index contributed by atoms with van der Waals surface area (Å²) in [6, 6.07) is 0. The van der Waals surface area contributed by atoms with Gasteiger partial charge in [0.05, 0.1) is 0 Å². The smallest absolute Gasteiger partial charge is 0.106 e. The molecule has 0 atom stereocenters. The van der Waals surface area contributed by atoms with E-state index in [9.17, 15) is 0 Å². The minimum atomic E-state index is 0. The predicted octanol–water partition coefficient (Wildman–Crippen LogP) is -2.46. The summed E-state index contributed by atoms with van der Waals surface area (Å²) >= 11 is 0. The van der Waals surface area contributed by atoms with Crippen LogP contribution < -0.4 is 0 Å². The Balaban J connectivity index is -0.00000000500. The first-order valence-electron chi connectivity index (χ1n) is 0.289. The molecule has 0 fully saturated rings. The summed E-state index contributed by atoms with van der Waals surface area (Å²) in [4.78, 5) is 8.00. The zero-order chi connectivity index (χ0) is 2.00. The maximum atomic E-state index is 8.00. The van der Waals surface area contributed by atoms with Crippen LogP contribution in [0.25, 0.3) is 0 Å². The van der Waals surface area contributed by atoms with Crippen LogP contribution in [0, 0.1) is 0 Å². The Kier molecular flexibility index (Phi) is 4500. The number of rotatable bonds is 0. The second-order valence-corrected chi connectivity index (χ2v) is 0. The van der Waals surface area contributed by atoms with Crippen molar-refractivity contribution in [2.45, 2.75) is 0 Å². The van der Waals surface area contributed by atoms with Crippen LogP contribution in [0.15, 0.2) is 0 Å². The van der Waals surface area contributed by atoms with Crippen molar-refractivity contribution in [1.82, 2.24) is 0 Å². The van der Waals surface area contributed by atoms with Gasteiger partial charge in [-0.1, -0.05) is 0 Å². The van der Waals surface area contributed by atoms with Gasteiger partial charge < -0.3 is 10.3 Å². The summed E-state index contributed by atoms with van der Waals surface area (Å²) in [6.07, 6.45) is 0. The van der Waals surface area contributed by atoms with Crippen LogP contribution in [0.5, 0.6) is 0 Å². The van der Waals surface area contributed by atoms with Gasteiger partial charge in [0.15, 0.2) is 0 Å². The third-order valence-electron chi connectivity index (χ3n) is 0. The van der Waals surface area contributed by atoms with E-state index in [0.717, 1.165) is 0 Å². The normalized spacial score (nSPS) is 1.00. The maximum absolute atomic E-state index is 8.00. The zero-order valence-electron chi connectivity index (χ0n) is 1.62. The molecule has 4 heavy (non-hydrogen) atoms. The molecule has 2 N–H and O–H groups in total. The Hall–Kier alpha value is -0.153. The van der Waals surface area contributed by atoms with Gasteiger partial charge in [0, 0.05) is 0 Å².